The van der Waals surface area contributed by atoms with Crippen LogP contribution in [-0.2, 0) is 17.4 Å². The summed E-state index contributed by atoms with van der Waals surface area (Å²) in [7, 11) is 0. The minimum atomic E-state index is -4.44. The Morgan fingerprint density at radius 3 is 2.41 bits per heavy atom. The molecule has 7 heteroatoms. The van der Waals surface area contributed by atoms with Gasteiger partial charge in [0, 0.05) is 29.9 Å². The Labute approximate surface area is 167 Å². The van der Waals surface area contributed by atoms with Gasteiger partial charge in [-0.1, -0.05) is 13.8 Å². The van der Waals surface area contributed by atoms with Crippen LogP contribution in [0, 0.1) is 5.92 Å². The molecule has 0 unspecified atom stereocenters. The van der Waals surface area contributed by atoms with Gasteiger partial charge in [-0.15, -0.1) is 0 Å². The van der Waals surface area contributed by atoms with E-state index in [-0.39, 0.29) is 11.5 Å². The van der Waals surface area contributed by atoms with E-state index in [9.17, 15) is 22.8 Å². The average Bonchev–Trinajstić information content (AvgIpc) is 2.66. The summed E-state index contributed by atoms with van der Waals surface area (Å²) in [5.74, 6) is 0.0948. The van der Waals surface area contributed by atoms with Crippen LogP contribution < -0.4 is 10.2 Å². The van der Waals surface area contributed by atoms with Gasteiger partial charge >= 0.3 is 6.18 Å². The molecule has 29 heavy (non-hydrogen) atoms. The van der Waals surface area contributed by atoms with Crippen LogP contribution in [0.15, 0.2) is 42.5 Å². The van der Waals surface area contributed by atoms with Gasteiger partial charge in [0.25, 0.3) is 5.91 Å². The number of nitrogens with one attached hydrogen (secondary N) is 1. The minimum absolute atomic E-state index is 0.0969. The molecule has 1 N–H and O–H groups in total. The average molecular weight is 404 g/mol. The number of nitrogens with zero attached hydrogens (tertiary/aromatic N) is 1. The maximum absolute atomic E-state index is 12.7. The number of benzene rings is 2. The summed E-state index contributed by atoms with van der Waals surface area (Å²) in [6, 6.07) is 9.44. The molecule has 1 heterocycles. The Morgan fingerprint density at radius 2 is 1.79 bits per heavy atom. The van der Waals surface area contributed by atoms with Crippen LogP contribution in [0.5, 0.6) is 0 Å². The summed E-state index contributed by atoms with van der Waals surface area (Å²) in [5.41, 5.74) is 1.72. The van der Waals surface area contributed by atoms with Crippen molar-refractivity contribution in [3.63, 3.8) is 0 Å². The molecule has 0 spiro atoms. The second-order valence-corrected chi connectivity index (χ2v) is 7.60. The molecule has 0 saturated heterocycles. The summed E-state index contributed by atoms with van der Waals surface area (Å²) in [5, 5.41) is 2.72. The number of fused-ring (bicyclic) bond motifs is 1. The molecule has 0 saturated carbocycles. The smallest absolute Gasteiger partial charge is 0.322 e. The van der Waals surface area contributed by atoms with E-state index in [2.05, 4.69) is 19.2 Å². The van der Waals surface area contributed by atoms with Crippen molar-refractivity contribution in [3.05, 3.63) is 59.2 Å². The molecule has 2 aromatic rings. The van der Waals surface area contributed by atoms with Gasteiger partial charge in [0.15, 0.2) is 0 Å². The molecule has 1 aliphatic rings. The van der Waals surface area contributed by atoms with Gasteiger partial charge in [-0.2, -0.15) is 13.2 Å². The fourth-order valence-electron chi connectivity index (χ4n) is 3.28. The quantitative estimate of drug-likeness (QED) is 0.737. The first-order valence-electron chi connectivity index (χ1n) is 9.57. The summed E-state index contributed by atoms with van der Waals surface area (Å²) in [6.07, 6.45) is -2.53. The van der Waals surface area contributed by atoms with E-state index in [0.29, 0.717) is 31.0 Å². The zero-order valence-corrected chi connectivity index (χ0v) is 16.3. The van der Waals surface area contributed by atoms with Gasteiger partial charge in [-0.3, -0.25) is 9.59 Å². The van der Waals surface area contributed by atoms with E-state index < -0.39 is 17.6 Å². The lowest BCUT2D eigenvalue weighted by Gasteiger charge is -2.30. The predicted octanol–water partition coefficient (Wildman–Crippen LogP) is 5.28. The SMILES string of the molecule is CC(C)CCN1C(=O)CCc2cc(NC(=O)c3ccc(C(F)(F)F)cc3)ccc21. The summed E-state index contributed by atoms with van der Waals surface area (Å²) in [4.78, 5) is 26.5. The van der Waals surface area contributed by atoms with Crippen LogP contribution in [-0.4, -0.2) is 18.4 Å². The normalized spacial score (nSPS) is 14.1. The van der Waals surface area contributed by atoms with Gasteiger partial charge in [0.2, 0.25) is 5.91 Å². The zero-order chi connectivity index (χ0) is 21.2. The van der Waals surface area contributed by atoms with Crippen molar-refractivity contribution in [2.75, 3.05) is 16.8 Å². The highest BCUT2D eigenvalue weighted by Crippen LogP contribution is 2.32. The van der Waals surface area contributed by atoms with Crippen molar-refractivity contribution in [1.82, 2.24) is 0 Å². The Kier molecular flexibility index (Phi) is 5.96. The largest absolute Gasteiger partial charge is 0.416 e. The van der Waals surface area contributed by atoms with Crippen LogP contribution in [0.2, 0.25) is 0 Å². The van der Waals surface area contributed by atoms with E-state index >= 15 is 0 Å². The first-order valence-corrected chi connectivity index (χ1v) is 9.57. The highest BCUT2D eigenvalue weighted by Gasteiger charge is 2.30. The summed E-state index contributed by atoms with van der Waals surface area (Å²) >= 11 is 0. The molecular formula is C22H23F3N2O2. The lowest BCUT2D eigenvalue weighted by molar-refractivity contribution is -0.137. The molecular weight excluding hydrogens is 381 g/mol. The fraction of sp³-hybridized carbons (Fsp3) is 0.364. The van der Waals surface area contributed by atoms with Crippen LogP contribution >= 0.6 is 0 Å². The Bertz CT molecular complexity index is 905. The molecule has 0 aromatic heterocycles. The summed E-state index contributed by atoms with van der Waals surface area (Å²) in [6.45, 7) is 4.87. The Morgan fingerprint density at radius 1 is 1.10 bits per heavy atom. The van der Waals surface area contributed by atoms with E-state index in [1.807, 2.05) is 12.1 Å². The minimum Gasteiger partial charge on any atom is -0.322 e. The highest BCUT2D eigenvalue weighted by molar-refractivity contribution is 6.04. The molecule has 3 rings (SSSR count). The third-order valence-corrected chi connectivity index (χ3v) is 4.94. The van der Waals surface area contributed by atoms with E-state index in [4.69, 9.17) is 0 Å². The number of carbonyl (C=O) groups excluding carboxylic acids is 2. The number of alkyl halides is 3. The van der Waals surface area contributed by atoms with Crippen molar-refractivity contribution >= 4 is 23.2 Å². The van der Waals surface area contributed by atoms with Gasteiger partial charge in [0.05, 0.1) is 5.56 Å². The number of amides is 2. The van der Waals surface area contributed by atoms with E-state index in [0.717, 1.165) is 41.9 Å². The van der Waals surface area contributed by atoms with E-state index in [1.54, 1.807) is 11.0 Å². The first kappa shape index (κ1) is 20.9. The lowest BCUT2D eigenvalue weighted by Crippen LogP contribution is -2.36. The fourth-order valence-corrected chi connectivity index (χ4v) is 3.28. The van der Waals surface area contributed by atoms with Crippen LogP contribution in [0.25, 0.3) is 0 Å². The standard InChI is InChI=1S/C22H23F3N2O2/c1-14(2)11-12-27-19-9-8-18(13-16(19)5-10-20(27)28)26-21(29)15-3-6-17(7-4-15)22(23,24)25/h3-4,6-9,13-14H,5,10-12H2,1-2H3,(H,26,29). The summed E-state index contributed by atoms with van der Waals surface area (Å²) < 4.78 is 38.0. The third-order valence-electron chi connectivity index (χ3n) is 4.94. The monoisotopic (exact) mass is 404 g/mol. The van der Waals surface area contributed by atoms with Crippen LogP contribution in [0.1, 0.15) is 48.2 Å². The first-order chi connectivity index (χ1) is 13.6. The number of rotatable bonds is 5. The molecule has 1 aliphatic heterocycles. The van der Waals surface area contributed by atoms with Crippen molar-refractivity contribution in [1.29, 1.82) is 0 Å². The second kappa shape index (κ2) is 8.27. The molecule has 0 fully saturated rings. The molecule has 0 bridgehead atoms. The number of halogens is 3. The molecule has 0 aliphatic carbocycles. The maximum atomic E-state index is 12.7. The number of aryl methyl sites for hydroxylation is 1. The lowest BCUT2D eigenvalue weighted by atomic mass is 9.99. The topological polar surface area (TPSA) is 49.4 Å². The van der Waals surface area contributed by atoms with Gasteiger partial charge in [-0.25, -0.2) is 0 Å². The molecule has 0 radical (unpaired) electrons. The van der Waals surface area contributed by atoms with E-state index in [1.165, 1.54) is 0 Å². The van der Waals surface area contributed by atoms with Crippen molar-refractivity contribution < 1.29 is 22.8 Å². The van der Waals surface area contributed by atoms with Crippen LogP contribution in [0.4, 0.5) is 24.5 Å². The molecule has 2 amide bonds. The molecule has 154 valence electrons. The van der Waals surface area contributed by atoms with Gasteiger partial charge < -0.3 is 10.2 Å². The number of hydrogen-bond acceptors (Lipinski definition) is 2. The number of carbonyl (C=O) groups is 2. The van der Waals surface area contributed by atoms with Crippen LogP contribution in [0.3, 0.4) is 0 Å². The predicted molar refractivity (Wildman–Crippen MR) is 106 cm³/mol. The highest BCUT2D eigenvalue weighted by atomic mass is 19.4. The maximum Gasteiger partial charge on any atom is 0.416 e. The third kappa shape index (κ3) is 4.96. The van der Waals surface area contributed by atoms with Crippen molar-refractivity contribution in [3.8, 4) is 0 Å². The molecule has 2 aromatic carbocycles. The molecule has 4 nitrogen and oxygen atoms in total. The van der Waals surface area contributed by atoms with Crippen molar-refractivity contribution in [2.24, 2.45) is 5.92 Å². The molecule has 0 atom stereocenters. The Hall–Kier alpha value is -2.83. The Balaban J connectivity index is 1.74. The number of hydrogen-bond donors (Lipinski definition) is 1. The zero-order valence-electron chi connectivity index (χ0n) is 16.3. The second-order valence-electron chi connectivity index (χ2n) is 7.60. The number of anilines is 2. The van der Waals surface area contributed by atoms with Gasteiger partial charge in [-0.05, 0) is 66.8 Å². The van der Waals surface area contributed by atoms with Crippen molar-refractivity contribution in [2.45, 2.75) is 39.3 Å². The van der Waals surface area contributed by atoms with Gasteiger partial charge in [0.1, 0.15) is 0 Å².